The van der Waals surface area contributed by atoms with Crippen molar-refractivity contribution in [3.8, 4) is 16.9 Å². The van der Waals surface area contributed by atoms with Gasteiger partial charge < -0.3 is 10.2 Å². The van der Waals surface area contributed by atoms with Crippen molar-refractivity contribution >= 4 is 17.5 Å². The van der Waals surface area contributed by atoms with Gasteiger partial charge >= 0.3 is 0 Å². The molecule has 0 aliphatic carbocycles. The molecule has 6 heteroatoms. The van der Waals surface area contributed by atoms with Crippen LogP contribution in [0.5, 0.6) is 0 Å². The topological polar surface area (TPSA) is 50.2 Å². The number of carbonyl (C=O) groups excluding carboxylic acids is 1. The van der Waals surface area contributed by atoms with Gasteiger partial charge in [-0.05, 0) is 63.9 Å². The van der Waals surface area contributed by atoms with E-state index in [4.69, 9.17) is 16.7 Å². The molecule has 1 unspecified atom stereocenters. The Morgan fingerprint density at radius 3 is 2.69 bits per heavy atom. The molecule has 3 aromatic rings. The van der Waals surface area contributed by atoms with E-state index in [2.05, 4.69) is 17.1 Å². The number of piperidine rings is 1. The minimum Gasteiger partial charge on any atom is -0.351 e. The molecular weight excluding hydrogens is 420 g/mol. The summed E-state index contributed by atoms with van der Waals surface area (Å²) in [6.07, 6.45) is 4.81. The second-order valence-electron chi connectivity index (χ2n) is 8.63. The summed E-state index contributed by atoms with van der Waals surface area (Å²) in [5.41, 5.74) is 4.01. The predicted octanol–water partition coefficient (Wildman–Crippen LogP) is 5.50. The van der Waals surface area contributed by atoms with Gasteiger partial charge in [0.1, 0.15) is 5.69 Å². The van der Waals surface area contributed by atoms with E-state index in [1.807, 2.05) is 61.5 Å². The zero-order valence-corrected chi connectivity index (χ0v) is 19.6. The number of benzene rings is 2. The van der Waals surface area contributed by atoms with Crippen LogP contribution in [-0.4, -0.2) is 46.3 Å². The Morgan fingerprint density at radius 2 is 1.94 bits per heavy atom. The van der Waals surface area contributed by atoms with Crippen molar-refractivity contribution in [3.63, 3.8) is 0 Å². The lowest BCUT2D eigenvalue weighted by molar-refractivity contribution is 0.0941. The van der Waals surface area contributed by atoms with Crippen LogP contribution < -0.4 is 5.32 Å². The van der Waals surface area contributed by atoms with E-state index >= 15 is 0 Å². The van der Waals surface area contributed by atoms with Crippen molar-refractivity contribution in [1.82, 2.24) is 20.0 Å². The van der Waals surface area contributed by atoms with E-state index in [9.17, 15) is 4.79 Å². The Balaban J connectivity index is 1.51. The summed E-state index contributed by atoms with van der Waals surface area (Å²) in [6, 6.07) is 18.0. The molecule has 168 valence electrons. The quantitative estimate of drug-likeness (QED) is 0.484. The summed E-state index contributed by atoms with van der Waals surface area (Å²) in [7, 11) is 0. The number of carbonyl (C=O) groups is 1. The molecule has 1 aliphatic heterocycles. The maximum absolute atomic E-state index is 13.1. The first-order valence-electron chi connectivity index (χ1n) is 11.5. The first-order chi connectivity index (χ1) is 15.5. The van der Waals surface area contributed by atoms with Crippen LogP contribution in [-0.2, 0) is 0 Å². The molecule has 0 spiro atoms. The van der Waals surface area contributed by atoms with Gasteiger partial charge in [-0.25, -0.2) is 4.68 Å². The maximum Gasteiger partial charge on any atom is 0.270 e. The fourth-order valence-corrected chi connectivity index (χ4v) is 4.52. The SMILES string of the molecule is Cc1ccc(-n2nc(-c3ccccc3Cl)cc2C(=O)NCCCN2CCCCC2C)cc1. The first kappa shape index (κ1) is 22.6. The number of amides is 1. The summed E-state index contributed by atoms with van der Waals surface area (Å²) in [5, 5.41) is 8.45. The molecule has 0 bridgehead atoms. The van der Waals surface area contributed by atoms with E-state index in [0.29, 0.717) is 29.0 Å². The number of hydrogen-bond donors (Lipinski definition) is 1. The number of hydrogen-bond acceptors (Lipinski definition) is 3. The summed E-state index contributed by atoms with van der Waals surface area (Å²) >= 11 is 6.40. The van der Waals surface area contributed by atoms with Crippen molar-refractivity contribution in [1.29, 1.82) is 0 Å². The zero-order valence-electron chi connectivity index (χ0n) is 18.9. The standard InChI is InChI=1S/C26H31ClN4O/c1-19-11-13-21(14-12-19)31-25(18-24(29-31)22-9-3-4-10-23(22)27)26(32)28-15-7-17-30-16-6-5-8-20(30)2/h3-4,9-14,18,20H,5-8,15-17H2,1-2H3,(H,28,32). The van der Waals surface area contributed by atoms with E-state index < -0.39 is 0 Å². The van der Waals surface area contributed by atoms with Crippen LogP contribution >= 0.6 is 11.6 Å². The smallest absolute Gasteiger partial charge is 0.270 e. The molecule has 0 radical (unpaired) electrons. The van der Waals surface area contributed by atoms with Gasteiger partial charge in [-0.2, -0.15) is 5.10 Å². The molecule has 1 N–H and O–H groups in total. The molecule has 1 aliphatic rings. The van der Waals surface area contributed by atoms with Crippen LogP contribution in [0.1, 0.15) is 48.7 Å². The van der Waals surface area contributed by atoms with Crippen molar-refractivity contribution in [2.45, 2.75) is 45.6 Å². The molecule has 0 saturated carbocycles. The highest BCUT2D eigenvalue weighted by Gasteiger charge is 2.20. The maximum atomic E-state index is 13.1. The molecule has 4 rings (SSSR count). The highest BCUT2D eigenvalue weighted by Crippen LogP contribution is 2.28. The predicted molar refractivity (Wildman–Crippen MR) is 131 cm³/mol. The molecule has 1 fully saturated rings. The van der Waals surface area contributed by atoms with Crippen LogP contribution in [0.3, 0.4) is 0 Å². The highest BCUT2D eigenvalue weighted by atomic mass is 35.5. The Morgan fingerprint density at radius 1 is 1.16 bits per heavy atom. The number of nitrogens with zero attached hydrogens (tertiary/aromatic N) is 3. The molecule has 1 atom stereocenters. The van der Waals surface area contributed by atoms with Gasteiger partial charge in [0.05, 0.1) is 16.4 Å². The Kier molecular flexibility index (Phi) is 7.28. The van der Waals surface area contributed by atoms with Crippen molar-refractivity contribution in [2.24, 2.45) is 0 Å². The number of halogens is 1. The number of likely N-dealkylation sites (tertiary alicyclic amines) is 1. The molecule has 5 nitrogen and oxygen atoms in total. The highest BCUT2D eigenvalue weighted by molar-refractivity contribution is 6.33. The summed E-state index contributed by atoms with van der Waals surface area (Å²) in [5.74, 6) is -0.122. The molecule has 2 aromatic carbocycles. The Hall–Kier alpha value is -2.63. The number of rotatable bonds is 7. The Labute approximate surface area is 195 Å². The molecular formula is C26H31ClN4O. The fourth-order valence-electron chi connectivity index (χ4n) is 4.29. The largest absolute Gasteiger partial charge is 0.351 e. The lowest BCUT2D eigenvalue weighted by Gasteiger charge is -2.33. The molecule has 2 heterocycles. The van der Waals surface area contributed by atoms with E-state index in [0.717, 1.165) is 36.3 Å². The third-order valence-corrected chi connectivity index (χ3v) is 6.55. The van der Waals surface area contributed by atoms with Crippen LogP contribution in [0.2, 0.25) is 5.02 Å². The van der Waals surface area contributed by atoms with Crippen molar-refractivity contribution in [2.75, 3.05) is 19.6 Å². The summed E-state index contributed by atoms with van der Waals surface area (Å²) in [4.78, 5) is 15.7. The number of nitrogens with one attached hydrogen (secondary N) is 1. The van der Waals surface area contributed by atoms with Gasteiger partial charge in [0.2, 0.25) is 0 Å². The summed E-state index contributed by atoms with van der Waals surface area (Å²) in [6.45, 7) is 7.16. The number of aromatic nitrogens is 2. The van der Waals surface area contributed by atoms with Crippen molar-refractivity contribution in [3.05, 3.63) is 70.9 Å². The molecule has 32 heavy (non-hydrogen) atoms. The summed E-state index contributed by atoms with van der Waals surface area (Å²) < 4.78 is 1.71. The average molecular weight is 451 g/mol. The van der Waals surface area contributed by atoms with Gasteiger partial charge in [0.25, 0.3) is 5.91 Å². The van der Waals surface area contributed by atoms with E-state index in [-0.39, 0.29) is 5.91 Å². The van der Waals surface area contributed by atoms with Crippen LogP contribution in [0, 0.1) is 6.92 Å². The third kappa shape index (κ3) is 5.22. The van der Waals surface area contributed by atoms with Crippen LogP contribution in [0.15, 0.2) is 54.6 Å². The van der Waals surface area contributed by atoms with Gasteiger partial charge in [-0.1, -0.05) is 53.9 Å². The minimum absolute atomic E-state index is 0.122. The monoisotopic (exact) mass is 450 g/mol. The van der Waals surface area contributed by atoms with Gasteiger partial charge in [-0.15, -0.1) is 0 Å². The third-order valence-electron chi connectivity index (χ3n) is 6.22. The van der Waals surface area contributed by atoms with Crippen LogP contribution in [0.25, 0.3) is 16.9 Å². The molecule has 1 amide bonds. The zero-order chi connectivity index (χ0) is 22.5. The number of aryl methyl sites for hydroxylation is 1. The van der Waals surface area contributed by atoms with Crippen molar-refractivity contribution < 1.29 is 4.79 Å². The minimum atomic E-state index is -0.122. The lowest BCUT2D eigenvalue weighted by atomic mass is 10.0. The first-order valence-corrected chi connectivity index (χ1v) is 11.8. The normalized spacial score (nSPS) is 16.8. The van der Waals surface area contributed by atoms with Gasteiger partial charge in [-0.3, -0.25) is 4.79 Å². The van der Waals surface area contributed by atoms with E-state index in [1.54, 1.807) is 4.68 Å². The average Bonchev–Trinajstić information content (AvgIpc) is 3.24. The van der Waals surface area contributed by atoms with Crippen LogP contribution in [0.4, 0.5) is 0 Å². The van der Waals surface area contributed by atoms with E-state index in [1.165, 1.54) is 19.3 Å². The fraction of sp³-hybridized carbons (Fsp3) is 0.385. The van der Waals surface area contributed by atoms with Gasteiger partial charge in [0.15, 0.2) is 0 Å². The molecule has 1 saturated heterocycles. The lowest BCUT2D eigenvalue weighted by Crippen LogP contribution is -2.39. The van der Waals surface area contributed by atoms with Gasteiger partial charge in [0, 0.05) is 24.7 Å². The second kappa shape index (κ2) is 10.3. The second-order valence-corrected chi connectivity index (χ2v) is 9.04. The molecule has 1 aromatic heterocycles. The Bertz CT molecular complexity index is 1060.